The van der Waals surface area contributed by atoms with Crippen LogP contribution >= 0.6 is 15.9 Å². The van der Waals surface area contributed by atoms with Gasteiger partial charge in [0.2, 0.25) is 0 Å². The Morgan fingerprint density at radius 2 is 2.19 bits per heavy atom. The van der Waals surface area contributed by atoms with E-state index in [9.17, 15) is 8.42 Å². The van der Waals surface area contributed by atoms with E-state index >= 15 is 0 Å². The summed E-state index contributed by atoms with van der Waals surface area (Å²) < 4.78 is 28.6. The average molecular weight is 310 g/mol. The normalized spacial score (nSPS) is 13.9. The molecule has 0 aromatic carbocycles. The SMILES string of the molecule is CCCNC(CS(C)(=O)=O)c1ccc(Br)o1. The monoisotopic (exact) mass is 309 g/mol. The molecule has 4 nitrogen and oxygen atoms in total. The van der Waals surface area contributed by atoms with Crippen LogP contribution in [0.2, 0.25) is 0 Å². The van der Waals surface area contributed by atoms with Crippen molar-refractivity contribution in [2.24, 2.45) is 0 Å². The molecule has 16 heavy (non-hydrogen) atoms. The molecule has 1 aromatic heterocycles. The van der Waals surface area contributed by atoms with Gasteiger partial charge < -0.3 is 9.73 Å². The van der Waals surface area contributed by atoms with E-state index in [0.29, 0.717) is 10.4 Å². The standard InChI is InChI=1S/C10H16BrNO3S/c1-3-6-12-8(7-16(2,13)14)9-4-5-10(11)15-9/h4-5,8,12H,3,6-7H2,1-2H3. The molecule has 1 atom stereocenters. The van der Waals surface area contributed by atoms with Crippen LogP contribution in [0, 0.1) is 0 Å². The second-order valence-corrected chi connectivity index (χ2v) is 6.71. The number of rotatable bonds is 6. The van der Waals surface area contributed by atoms with E-state index in [1.165, 1.54) is 6.26 Å². The highest BCUT2D eigenvalue weighted by Crippen LogP contribution is 2.21. The van der Waals surface area contributed by atoms with Gasteiger partial charge in [0.1, 0.15) is 15.6 Å². The van der Waals surface area contributed by atoms with Crippen molar-refractivity contribution in [3.8, 4) is 0 Å². The van der Waals surface area contributed by atoms with E-state index in [1.54, 1.807) is 12.1 Å². The first kappa shape index (κ1) is 13.7. The summed E-state index contributed by atoms with van der Waals surface area (Å²) in [6.07, 6.45) is 2.17. The molecular weight excluding hydrogens is 294 g/mol. The third-order valence-corrected chi connectivity index (χ3v) is 3.41. The van der Waals surface area contributed by atoms with E-state index in [2.05, 4.69) is 21.2 Å². The maximum Gasteiger partial charge on any atom is 0.169 e. The van der Waals surface area contributed by atoms with Crippen LogP contribution in [0.3, 0.4) is 0 Å². The van der Waals surface area contributed by atoms with Crippen molar-refractivity contribution in [1.29, 1.82) is 0 Å². The van der Waals surface area contributed by atoms with Crippen LogP contribution in [0.4, 0.5) is 0 Å². The van der Waals surface area contributed by atoms with Crippen molar-refractivity contribution in [3.63, 3.8) is 0 Å². The Labute approximate surface area is 104 Å². The van der Waals surface area contributed by atoms with Crippen molar-refractivity contribution < 1.29 is 12.8 Å². The van der Waals surface area contributed by atoms with Crippen LogP contribution in [0.5, 0.6) is 0 Å². The van der Waals surface area contributed by atoms with Gasteiger partial charge in [0.05, 0.1) is 11.8 Å². The molecule has 1 unspecified atom stereocenters. The van der Waals surface area contributed by atoms with Gasteiger partial charge >= 0.3 is 0 Å². The second-order valence-electron chi connectivity index (χ2n) is 3.74. The van der Waals surface area contributed by atoms with Gasteiger partial charge in [-0.1, -0.05) is 6.92 Å². The van der Waals surface area contributed by atoms with Crippen LogP contribution < -0.4 is 5.32 Å². The van der Waals surface area contributed by atoms with Gasteiger partial charge in [0.25, 0.3) is 0 Å². The molecule has 1 heterocycles. The van der Waals surface area contributed by atoms with Gasteiger partial charge in [-0.25, -0.2) is 8.42 Å². The number of hydrogen-bond acceptors (Lipinski definition) is 4. The third kappa shape index (κ3) is 4.67. The molecule has 0 aliphatic heterocycles. The van der Waals surface area contributed by atoms with Crippen LogP contribution in [-0.4, -0.2) is 27.0 Å². The first-order valence-corrected chi connectivity index (χ1v) is 7.94. The minimum absolute atomic E-state index is 0.0486. The molecular formula is C10H16BrNO3S. The maximum atomic E-state index is 11.3. The number of sulfone groups is 1. The van der Waals surface area contributed by atoms with Crippen LogP contribution in [0.15, 0.2) is 21.2 Å². The number of halogens is 1. The highest BCUT2D eigenvalue weighted by Gasteiger charge is 2.19. The molecule has 92 valence electrons. The molecule has 0 aliphatic carbocycles. The molecule has 0 aliphatic rings. The lowest BCUT2D eigenvalue weighted by Gasteiger charge is -2.14. The van der Waals surface area contributed by atoms with E-state index in [0.717, 1.165) is 13.0 Å². The van der Waals surface area contributed by atoms with Crippen molar-refractivity contribution in [2.75, 3.05) is 18.6 Å². The summed E-state index contributed by atoms with van der Waals surface area (Å²) in [5, 5.41) is 3.16. The number of furan rings is 1. The van der Waals surface area contributed by atoms with Gasteiger partial charge in [-0.2, -0.15) is 0 Å². The van der Waals surface area contributed by atoms with Gasteiger partial charge in [-0.05, 0) is 41.0 Å². The number of hydrogen-bond donors (Lipinski definition) is 1. The third-order valence-electron chi connectivity index (χ3n) is 2.05. The van der Waals surface area contributed by atoms with Crippen LogP contribution in [0.25, 0.3) is 0 Å². The summed E-state index contributed by atoms with van der Waals surface area (Å²) in [6.45, 7) is 2.79. The molecule has 1 aromatic rings. The Morgan fingerprint density at radius 3 is 2.62 bits per heavy atom. The summed E-state index contributed by atoms with van der Waals surface area (Å²) in [6, 6.07) is 3.27. The van der Waals surface area contributed by atoms with Crippen molar-refractivity contribution in [2.45, 2.75) is 19.4 Å². The molecule has 6 heteroatoms. The Kier molecular flexibility index (Phi) is 5.01. The lowest BCUT2D eigenvalue weighted by molar-refractivity contribution is 0.418. The van der Waals surface area contributed by atoms with E-state index in [4.69, 9.17) is 4.42 Å². The topological polar surface area (TPSA) is 59.3 Å². The molecule has 0 amide bonds. The molecule has 0 saturated carbocycles. The fourth-order valence-electron chi connectivity index (χ4n) is 1.38. The van der Waals surface area contributed by atoms with Gasteiger partial charge in [0.15, 0.2) is 4.67 Å². The Hall–Kier alpha value is -0.330. The number of nitrogens with one attached hydrogen (secondary N) is 1. The smallest absolute Gasteiger partial charge is 0.169 e. The maximum absolute atomic E-state index is 11.3. The lowest BCUT2D eigenvalue weighted by Crippen LogP contribution is -2.28. The minimum Gasteiger partial charge on any atom is -0.453 e. The van der Waals surface area contributed by atoms with Gasteiger partial charge in [0, 0.05) is 6.26 Å². The first-order valence-electron chi connectivity index (χ1n) is 5.08. The van der Waals surface area contributed by atoms with Gasteiger partial charge in [-0.3, -0.25) is 0 Å². The first-order chi connectivity index (χ1) is 7.42. The minimum atomic E-state index is -3.03. The summed E-state index contributed by atoms with van der Waals surface area (Å²) in [7, 11) is -3.03. The van der Waals surface area contributed by atoms with Crippen LogP contribution in [0.1, 0.15) is 25.1 Å². The van der Waals surface area contributed by atoms with E-state index < -0.39 is 9.84 Å². The zero-order valence-corrected chi connectivity index (χ0v) is 11.8. The Morgan fingerprint density at radius 1 is 1.50 bits per heavy atom. The predicted octanol–water partition coefficient (Wildman–Crippen LogP) is 2.13. The highest BCUT2D eigenvalue weighted by atomic mass is 79.9. The molecule has 0 saturated heterocycles. The van der Waals surface area contributed by atoms with E-state index in [-0.39, 0.29) is 11.8 Å². The van der Waals surface area contributed by atoms with Gasteiger partial charge in [-0.15, -0.1) is 0 Å². The predicted molar refractivity (Wildman–Crippen MR) is 67.2 cm³/mol. The lowest BCUT2D eigenvalue weighted by atomic mass is 10.2. The summed E-state index contributed by atoms with van der Waals surface area (Å²) in [5.74, 6) is 0.693. The largest absolute Gasteiger partial charge is 0.453 e. The van der Waals surface area contributed by atoms with Crippen molar-refractivity contribution in [3.05, 3.63) is 22.6 Å². The highest BCUT2D eigenvalue weighted by molar-refractivity contribution is 9.10. The molecule has 0 radical (unpaired) electrons. The Bertz CT molecular complexity index is 427. The fraction of sp³-hybridized carbons (Fsp3) is 0.600. The summed E-state index contributed by atoms with van der Waals surface area (Å²) in [5.41, 5.74) is 0. The Balaban J connectivity index is 2.78. The average Bonchev–Trinajstić information content (AvgIpc) is 2.57. The molecule has 1 rings (SSSR count). The van der Waals surface area contributed by atoms with Crippen LogP contribution in [-0.2, 0) is 9.84 Å². The molecule has 0 bridgehead atoms. The summed E-state index contributed by atoms with van der Waals surface area (Å²) >= 11 is 3.20. The van der Waals surface area contributed by atoms with E-state index in [1.807, 2.05) is 6.92 Å². The molecule has 0 spiro atoms. The summed E-state index contributed by atoms with van der Waals surface area (Å²) in [4.78, 5) is 0. The zero-order valence-electron chi connectivity index (χ0n) is 9.36. The second kappa shape index (κ2) is 5.84. The quantitative estimate of drug-likeness (QED) is 0.874. The molecule has 1 N–H and O–H groups in total. The van der Waals surface area contributed by atoms with Crippen molar-refractivity contribution >= 4 is 25.8 Å². The zero-order chi connectivity index (χ0) is 12.2. The van der Waals surface area contributed by atoms with Crippen molar-refractivity contribution in [1.82, 2.24) is 5.32 Å². The molecule has 0 fully saturated rings. The fourth-order valence-corrected chi connectivity index (χ4v) is 2.59.